The molecule has 0 saturated heterocycles. The molecule has 0 rings (SSSR count). The fourth-order valence-electron chi connectivity index (χ4n) is 3.01. The molecule has 1 N–H and O–H groups in total. The van der Waals surface area contributed by atoms with Crippen molar-refractivity contribution in [1.82, 2.24) is 4.90 Å². The predicted octanol–water partition coefficient (Wildman–Crippen LogP) is 4.77. The zero-order valence-corrected chi connectivity index (χ0v) is 20.4. The smallest absolute Gasteiger partial charge is 0.357 e. The summed E-state index contributed by atoms with van der Waals surface area (Å²) < 4.78 is 131. The first kappa shape index (κ1) is 33.3. The van der Waals surface area contributed by atoms with E-state index in [1.165, 1.54) is 0 Å². The molecule has 0 aromatic carbocycles. The summed E-state index contributed by atoms with van der Waals surface area (Å²) in [6.45, 7) is 6.36. The minimum atomic E-state index is -6.46. The molecule has 1 amide bonds. The summed E-state index contributed by atoms with van der Waals surface area (Å²) in [5, 5.41) is -5.82. The van der Waals surface area contributed by atoms with Gasteiger partial charge < -0.3 is 9.64 Å². The Balaban J connectivity index is 5.86. The number of carbonyl (C=O) groups excluding carboxylic acids is 2. The van der Waals surface area contributed by atoms with Gasteiger partial charge in [-0.1, -0.05) is 20.4 Å². The van der Waals surface area contributed by atoms with E-state index in [1.54, 1.807) is 13.8 Å². The van der Waals surface area contributed by atoms with E-state index in [0.29, 0.717) is 0 Å². The van der Waals surface area contributed by atoms with Crippen LogP contribution in [0.4, 0.5) is 30.7 Å². The molecule has 0 radical (unpaired) electrons. The third-order valence-electron chi connectivity index (χ3n) is 4.95. The molecule has 35 heavy (non-hydrogen) atoms. The van der Waals surface area contributed by atoms with Crippen LogP contribution in [0.15, 0.2) is 12.2 Å². The minimum absolute atomic E-state index is 0.0912. The average Bonchev–Trinajstić information content (AvgIpc) is 2.69. The number of rotatable bonds is 16. The molecule has 0 bridgehead atoms. The SMILES string of the molecule is C=C(C)C(=O)CC(OCCCCC(F)(F)C(F)(F)S(=O)(=O)O)(C(=O)N(CCC)CCC)C(F)(F)F. The molecular formula is C20H30F7NO6S. The molecular weight excluding hydrogens is 515 g/mol. The van der Waals surface area contributed by atoms with Gasteiger partial charge >= 0.3 is 27.5 Å². The van der Waals surface area contributed by atoms with E-state index < -0.39 is 77.1 Å². The van der Waals surface area contributed by atoms with Gasteiger partial charge in [-0.05, 0) is 38.2 Å². The highest BCUT2D eigenvalue weighted by atomic mass is 32.2. The average molecular weight is 546 g/mol. The maximum atomic E-state index is 14.2. The number of unbranched alkanes of at least 4 members (excludes halogenated alkanes) is 1. The molecule has 206 valence electrons. The number of ketones is 1. The van der Waals surface area contributed by atoms with Crippen molar-refractivity contribution >= 4 is 21.8 Å². The summed E-state index contributed by atoms with van der Waals surface area (Å²) in [6, 6.07) is 0. The highest BCUT2D eigenvalue weighted by Crippen LogP contribution is 2.42. The van der Waals surface area contributed by atoms with Crippen molar-refractivity contribution in [3.8, 4) is 0 Å². The lowest BCUT2D eigenvalue weighted by Gasteiger charge is -2.38. The summed E-state index contributed by atoms with van der Waals surface area (Å²) >= 11 is 0. The van der Waals surface area contributed by atoms with E-state index in [9.17, 15) is 48.7 Å². The second-order valence-electron chi connectivity index (χ2n) is 8.00. The lowest BCUT2D eigenvalue weighted by Crippen LogP contribution is -2.61. The van der Waals surface area contributed by atoms with Crippen LogP contribution in [0, 0.1) is 0 Å². The van der Waals surface area contributed by atoms with E-state index >= 15 is 0 Å². The molecule has 0 aliphatic rings. The monoisotopic (exact) mass is 545 g/mol. The van der Waals surface area contributed by atoms with Crippen LogP contribution < -0.4 is 0 Å². The first-order valence-corrected chi connectivity index (χ1v) is 12.1. The number of hydrogen-bond donors (Lipinski definition) is 1. The molecule has 0 spiro atoms. The van der Waals surface area contributed by atoms with Crippen LogP contribution in [0.25, 0.3) is 0 Å². The van der Waals surface area contributed by atoms with E-state index in [1.807, 2.05) is 0 Å². The summed E-state index contributed by atoms with van der Waals surface area (Å²) in [6.07, 6.45) is -9.83. The Morgan fingerprint density at radius 3 is 1.83 bits per heavy atom. The second kappa shape index (κ2) is 12.5. The Hall–Kier alpha value is -1.74. The van der Waals surface area contributed by atoms with Crippen LogP contribution in [0.5, 0.6) is 0 Å². The number of carbonyl (C=O) groups is 2. The Bertz CT molecular complexity index is 855. The normalized spacial score (nSPS) is 14.9. The molecule has 0 aromatic heterocycles. The van der Waals surface area contributed by atoms with Gasteiger partial charge in [-0.2, -0.15) is 39.2 Å². The van der Waals surface area contributed by atoms with Crippen molar-refractivity contribution in [2.45, 2.75) is 82.3 Å². The molecule has 0 heterocycles. The van der Waals surface area contributed by atoms with E-state index in [-0.39, 0.29) is 31.5 Å². The van der Waals surface area contributed by atoms with Crippen molar-refractivity contribution in [2.75, 3.05) is 19.7 Å². The van der Waals surface area contributed by atoms with Crippen LogP contribution in [-0.4, -0.2) is 72.2 Å². The maximum Gasteiger partial charge on any atom is 0.431 e. The molecule has 0 saturated carbocycles. The minimum Gasteiger partial charge on any atom is -0.357 e. The van der Waals surface area contributed by atoms with Crippen molar-refractivity contribution in [2.24, 2.45) is 0 Å². The van der Waals surface area contributed by atoms with Crippen LogP contribution in [-0.2, 0) is 24.4 Å². The molecule has 15 heteroatoms. The van der Waals surface area contributed by atoms with Crippen molar-refractivity contribution in [3.05, 3.63) is 12.2 Å². The first-order chi connectivity index (χ1) is 15.7. The zero-order valence-electron chi connectivity index (χ0n) is 19.6. The van der Waals surface area contributed by atoms with E-state index in [2.05, 4.69) is 6.58 Å². The third kappa shape index (κ3) is 8.13. The van der Waals surface area contributed by atoms with Crippen molar-refractivity contribution in [1.29, 1.82) is 0 Å². The molecule has 0 fully saturated rings. The fraction of sp³-hybridized carbons (Fsp3) is 0.800. The Kier molecular flexibility index (Phi) is 11.9. The summed E-state index contributed by atoms with van der Waals surface area (Å²) in [4.78, 5) is 26.0. The van der Waals surface area contributed by atoms with Gasteiger partial charge in [0, 0.05) is 26.1 Å². The van der Waals surface area contributed by atoms with Crippen molar-refractivity contribution < 1.29 is 58.0 Å². The molecule has 1 atom stereocenters. The number of alkyl halides is 7. The van der Waals surface area contributed by atoms with Gasteiger partial charge in [-0.3, -0.25) is 14.1 Å². The standard InChI is InChI=1S/C20H30F7NO6S/c1-5-10-28(11-6-2)16(30)17(19(23,24)25,13-15(29)14(3)4)34-12-8-7-9-18(21,22)20(26,27)35(31,32)33/h3,5-13H2,1-2,4H3,(H,31,32,33). The van der Waals surface area contributed by atoms with Gasteiger partial charge in [0.2, 0.25) is 5.60 Å². The molecule has 0 aliphatic carbocycles. The number of hydrogen-bond acceptors (Lipinski definition) is 5. The van der Waals surface area contributed by atoms with E-state index in [4.69, 9.17) is 9.29 Å². The molecule has 1 unspecified atom stereocenters. The lowest BCUT2D eigenvalue weighted by molar-refractivity contribution is -0.272. The van der Waals surface area contributed by atoms with Crippen LogP contribution >= 0.6 is 0 Å². The lowest BCUT2D eigenvalue weighted by atomic mass is 9.91. The van der Waals surface area contributed by atoms with Gasteiger partial charge in [-0.15, -0.1) is 0 Å². The summed E-state index contributed by atoms with van der Waals surface area (Å²) in [7, 11) is -6.46. The fourth-order valence-corrected chi connectivity index (χ4v) is 3.49. The third-order valence-corrected chi connectivity index (χ3v) is 5.89. The van der Waals surface area contributed by atoms with Gasteiger partial charge in [0.25, 0.3) is 5.91 Å². The van der Waals surface area contributed by atoms with Crippen LogP contribution in [0.2, 0.25) is 0 Å². The number of ether oxygens (including phenoxy) is 1. The van der Waals surface area contributed by atoms with Gasteiger partial charge in [0.05, 0.1) is 6.42 Å². The van der Waals surface area contributed by atoms with Crippen molar-refractivity contribution in [3.63, 3.8) is 0 Å². The van der Waals surface area contributed by atoms with Crippen LogP contribution in [0.3, 0.4) is 0 Å². The highest BCUT2D eigenvalue weighted by molar-refractivity contribution is 7.87. The zero-order chi connectivity index (χ0) is 27.9. The van der Waals surface area contributed by atoms with Gasteiger partial charge in [0.15, 0.2) is 5.78 Å². The quantitative estimate of drug-likeness (QED) is 0.130. The summed E-state index contributed by atoms with van der Waals surface area (Å²) in [5.41, 5.74) is -3.96. The number of nitrogens with zero attached hydrogens (tertiary/aromatic N) is 1. The number of amides is 1. The molecule has 0 aromatic rings. The van der Waals surface area contributed by atoms with Gasteiger partial charge in [0.1, 0.15) is 0 Å². The second-order valence-corrected chi connectivity index (χ2v) is 9.46. The Labute approximate surface area is 199 Å². The maximum absolute atomic E-state index is 14.2. The number of allylic oxidation sites excluding steroid dienone is 1. The van der Waals surface area contributed by atoms with E-state index in [0.717, 1.165) is 11.8 Å². The summed E-state index contributed by atoms with van der Waals surface area (Å²) in [5.74, 6) is -7.93. The number of halogens is 7. The Morgan fingerprint density at radius 2 is 1.46 bits per heavy atom. The molecule has 0 aliphatic heterocycles. The van der Waals surface area contributed by atoms with Gasteiger partial charge in [-0.25, -0.2) is 0 Å². The largest absolute Gasteiger partial charge is 0.431 e. The first-order valence-electron chi connectivity index (χ1n) is 10.6. The number of Topliss-reactive ketones (excluding diaryl/α,β-unsaturated/α-hetero) is 1. The van der Waals surface area contributed by atoms with Crippen LogP contribution in [0.1, 0.15) is 59.3 Å². The predicted molar refractivity (Wildman–Crippen MR) is 112 cm³/mol. The topological polar surface area (TPSA) is 101 Å². The Morgan fingerprint density at radius 1 is 0.971 bits per heavy atom. The molecule has 7 nitrogen and oxygen atoms in total. The highest BCUT2D eigenvalue weighted by Gasteiger charge is 2.65.